The highest BCUT2D eigenvalue weighted by Gasteiger charge is 2.27. The summed E-state index contributed by atoms with van der Waals surface area (Å²) < 4.78 is 6.09. The van der Waals surface area contributed by atoms with E-state index in [1.807, 2.05) is 36.4 Å². The van der Waals surface area contributed by atoms with E-state index in [-0.39, 0.29) is 11.8 Å². The molecule has 1 unspecified atom stereocenters. The smallest absolute Gasteiger partial charge is 0.256 e. The molecule has 2 amide bonds. The monoisotopic (exact) mass is 426 g/mol. The first kappa shape index (κ1) is 18.9. The van der Waals surface area contributed by atoms with Crippen molar-refractivity contribution in [3.63, 3.8) is 0 Å². The lowest BCUT2D eigenvalue weighted by Crippen LogP contribution is -2.37. The van der Waals surface area contributed by atoms with Crippen LogP contribution in [0.2, 0.25) is 0 Å². The van der Waals surface area contributed by atoms with Crippen LogP contribution in [0.3, 0.4) is 0 Å². The van der Waals surface area contributed by atoms with Crippen molar-refractivity contribution in [1.29, 1.82) is 0 Å². The van der Waals surface area contributed by atoms with E-state index in [4.69, 9.17) is 4.42 Å². The van der Waals surface area contributed by atoms with Crippen LogP contribution in [0.1, 0.15) is 33.5 Å². The topological polar surface area (TPSA) is 71.3 Å². The fraction of sp³-hybridized carbons (Fsp3) is 0.143. The van der Waals surface area contributed by atoms with Crippen LogP contribution in [0, 0.1) is 13.8 Å². The van der Waals surface area contributed by atoms with Gasteiger partial charge in [-0.25, -0.2) is 0 Å². The summed E-state index contributed by atoms with van der Waals surface area (Å²) in [7, 11) is 0. The predicted molar refractivity (Wildman–Crippen MR) is 108 cm³/mol. The fourth-order valence-corrected chi connectivity index (χ4v) is 3.34. The van der Waals surface area contributed by atoms with E-state index >= 15 is 0 Å². The summed E-state index contributed by atoms with van der Waals surface area (Å²) in [6.45, 7) is 3.49. The van der Waals surface area contributed by atoms with Gasteiger partial charge in [0.2, 0.25) is 0 Å². The highest BCUT2D eigenvalue weighted by molar-refractivity contribution is 9.10. The first-order chi connectivity index (χ1) is 13.0. The maximum Gasteiger partial charge on any atom is 0.256 e. The van der Waals surface area contributed by atoms with Gasteiger partial charge in [-0.1, -0.05) is 48.5 Å². The quantitative estimate of drug-likeness (QED) is 0.616. The minimum absolute atomic E-state index is 0.324. The Morgan fingerprint density at radius 1 is 0.926 bits per heavy atom. The third kappa shape index (κ3) is 4.28. The van der Waals surface area contributed by atoms with E-state index in [1.54, 1.807) is 38.1 Å². The van der Waals surface area contributed by atoms with Gasteiger partial charge in [0.05, 0.1) is 10.0 Å². The minimum atomic E-state index is -0.847. The third-order valence-electron chi connectivity index (χ3n) is 4.13. The molecule has 2 aromatic carbocycles. The molecule has 1 heterocycles. The second-order valence-electron chi connectivity index (χ2n) is 6.08. The molecule has 0 fully saturated rings. The van der Waals surface area contributed by atoms with Gasteiger partial charge in [-0.05, 0) is 47.5 Å². The lowest BCUT2D eigenvalue weighted by molar-refractivity contribution is -0.118. The van der Waals surface area contributed by atoms with E-state index in [2.05, 4.69) is 26.6 Å². The number of furan rings is 1. The minimum Gasteiger partial charge on any atom is -0.465 e. The summed E-state index contributed by atoms with van der Waals surface area (Å²) in [5.41, 5.74) is 1.74. The van der Waals surface area contributed by atoms with Crippen molar-refractivity contribution in [1.82, 2.24) is 5.32 Å². The van der Waals surface area contributed by atoms with Crippen molar-refractivity contribution >= 4 is 33.4 Å². The highest BCUT2D eigenvalue weighted by atomic mass is 79.9. The molecular formula is C21H19BrN2O3. The molecule has 0 spiro atoms. The number of benzene rings is 2. The Morgan fingerprint density at radius 3 is 2.07 bits per heavy atom. The van der Waals surface area contributed by atoms with Crippen LogP contribution < -0.4 is 10.6 Å². The molecule has 3 aromatic rings. The molecule has 0 aliphatic heterocycles. The molecule has 0 aliphatic rings. The van der Waals surface area contributed by atoms with Gasteiger partial charge >= 0.3 is 0 Å². The fourth-order valence-electron chi connectivity index (χ4n) is 2.80. The summed E-state index contributed by atoms with van der Waals surface area (Å²) in [6.07, 6.45) is 0. The van der Waals surface area contributed by atoms with Gasteiger partial charge in [0, 0.05) is 5.69 Å². The molecule has 5 nitrogen and oxygen atoms in total. The number of nitrogens with one attached hydrogen (secondary N) is 2. The van der Waals surface area contributed by atoms with Crippen LogP contribution >= 0.6 is 15.9 Å². The zero-order chi connectivity index (χ0) is 19.4. The van der Waals surface area contributed by atoms with Crippen molar-refractivity contribution < 1.29 is 14.0 Å². The maximum atomic E-state index is 12.9. The van der Waals surface area contributed by atoms with Gasteiger partial charge in [-0.2, -0.15) is 0 Å². The van der Waals surface area contributed by atoms with Crippen LogP contribution in [0.5, 0.6) is 0 Å². The van der Waals surface area contributed by atoms with E-state index in [9.17, 15) is 9.59 Å². The van der Waals surface area contributed by atoms with Gasteiger partial charge in [-0.3, -0.25) is 9.59 Å². The van der Waals surface area contributed by atoms with E-state index in [0.29, 0.717) is 32.8 Å². The summed E-state index contributed by atoms with van der Waals surface area (Å²) in [6, 6.07) is 17.4. The average molecular weight is 427 g/mol. The van der Waals surface area contributed by atoms with Gasteiger partial charge < -0.3 is 15.1 Å². The molecule has 0 bridgehead atoms. The SMILES string of the molecule is Cc1oc(C)c(C(=O)NC(C(=O)Nc2ccccc2)c2ccccc2)c1Br. The van der Waals surface area contributed by atoms with Crippen molar-refractivity contribution in [2.24, 2.45) is 0 Å². The molecule has 1 aromatic heterocycles. The van der Waals surface area contributed by atoms with Gasteiger partial charge in [0.1, 0.15) is 17.6 Å². The van der Waals surface area contributed by atoms with Crippen molar-refractivity contribution in [2.45, 2.75) is 19.9 Å². The number of hydrogen-bond donors (Lipinski definition) is 2. The molecule has 0 saturated carbocycles. The molecule has 6 heteroatoms. The Morgan fingerprint density at radius 2 is 1.52 bits per heavy atom. The van der Waals surface area contributed by atoms with Crippen molar-refractivity contribution in [2.75, 3.05) is 5.32 Å². The normalized spacial score (nSPS) is 11.7. The van der Waals surface area contributed by atoms with E-state index < -0.39 is 6.04 Å². The number of carbonyl (C=O) groups is 2. The zero-order valence-electron chi connectivity index (χ0n) is 15.0. The van der Waals surface area contributed by atoms with Crippen LogP contribution in [-0.2, 0) is 4.79 Å². The molecule has 27 heavy (non-hydrogen) atoms. The molecule has 0 saturated heterocycles. The molecule has 0 aliphatic carbocycles. The molecule has 2 N–H and O–H groups in total. The summed E-state index contributed by atoms with van der Waals surface area (Å²) in [5, 5.41) is 5.67. The van der Waals surface area contributed by atoms with Crippen LogP contribution in [0.4, 0.5) is 5.69 Å². The molecule has 3 rings (SSSR count). The number of aryl methyl sites for hydroxylation is 2. The Bertz CT molecular complexity index is 952. The second-order valence-corrected chi connectivity index (χ2v) is 6.87. The number of halogens is 1. The van der Waals surface area contributed by atoms with Crippen molar-refractivity contribution in [3.8, 4) is 0 Å². The van der Waals surface area contributed by atoms with E-state index in [0.717, 1.165) is 0 Å². The third-order valence-corrected chi connectivity index (χ3v) is 5.08. The average Bonchev–Trinajstić information content (AvgIpc) is 2.93. The molecular weight excluding hydrogens is 408 g/mol. The zero-order valence-corrected chi connectivity index (χ0v) is 16.5. The van der Waals surface area contributed by atoms with Gasteiger partial charge in [0.25, 0.3) is 11.8 Å². The maximum absolute atomic E-state index is 12.9. The summed E-state index contributed by atoms with van der Waals surface area (Å²) >= 11 is 3.38. The lowest BCUT2D eigenvalue weighted by Gasteiger charge is -2.19. The predicted octanol–water partition coefficient (Wildman–Crippen LogP) is 4.77. The van der Waals surface area contributed by atoms with Crippen LogP contribution in [0.25, 0.3) is 0 Å². The number of anilines is 1. The Labute approximate surface area is 165 Å². The lowest BCUT2D eigenvalue weighted by atomic mass is 10.1. The summed E-state index contributed by atoms with van der Waals surface area (Å²) in [4.78, 5) is 25.8. The van der Waals surface area contributed by atoms with E-state index in [1.165, 1.54) is 0 Å². The Hall–Kier alpha value is -2.86. The number of hydrogen-bond acceptors (Lipinski definition) is 3. The number of para-hydroxylation sites is 1. The Balaban J connectivity index is 1.88. The molecule has 0 radical (unpaired) electrons. The standard InChI is InChI=1S/C21H19BrN2O3/c1-13-17(18(22)14(2)27-13)20(25)24-19(15-9-5-3-6-10-15)21(26)23-16-11-7-4-8-12-16/h3-12,19H,1-2H3,(H,23,26)(H,24,25). The van der Waals surface area contributed by atoms with Gasteiger partial charge in [-0.15, -0.1) is 0 Å². The van der Waals surface area contributed by atoms with Crippen LogP contribution in [-0.4, -0.2) is 11.8 Å². The van der Waals surface area contributed by atoms with Crippen LogP contribution in [0.15, 0.2) is 69.6 Å². The molecule has 138 valence electrons. The molecule has 1 atom stereocenters. The largest absolute Gasteiger partial charge is 0.465 e. The van der Waals surface area contributed by atoms with Crippen molar-refractivity contribution in [3.05, 3.63) is 87.8 Å². The number of rotatable bonds is 5. The highest BCUT2D eigenvalue weighted by Crippen LogP contribution is 2.28. The Kier molecular flexibility index (Phi) is 5.76. The number of carbonyl (C=O) groups excluding carboxylic acids is 2. The number of amides is 2. The first-order valence-corrected chi connectivity index (χ1v) is 9.24. The second kappa shape index (κ2) is 8.22. The summed E-state index contributed by atoms with van der Waals surface area (Å²) in [5.74, 6) is 0.401. The first-order valence-electron chi connectivity index (χ1n) is 8.44. The van der Waals surface area contributed by atoms with Gasteiger partial charge in [0.15, 0.2) is 0 Å².